The third-order valence-corrected chi connectivity index (χ3v) is 7.71. The van der Waals surface area contributed by atoms with E-state index in [1.54, 1.807) is 13.2 Å². The van der Waals surface area contributed by atoms with Crippen molar-refractivity contribution in [2.24, 2.45) is 0 Å². The van der Waals surface area contributed by atoms with Gasteiger partial charge in [0.25, 0.3) is 5.91 Å². The van der Waals surface area contributed by atoms with Gasteiger partial charge in [0.1, 0.15) is 29.9 Å². The Kier molecular flexibility index (Phi) is 5.53. The minimum Gasteiger partial charge on any atom is -0.497 e. The summed E-state index contributed by atoms with van der Waals surface area (Å²) in [6.45, 7) is 1.94. The maximum atomic E-state index is 13.9. The zero-order valence-electron chi connectivity index (χ0n) is 19.9. The van der Waals surface area contributed by atoms with Crippen LogP contribution in [-0.4, -0.2) is 35.4 Å². The molecule has 6 rings (SSSR count). The van der Waals surface area contributed by atoms with Crippen LogP contribution in [0.2, 0.25) is 0 Å². The molecule has 0 unspecified atom stereocenters. The Labute approximate surface area is 211 Å². The predicted molar refractivity (Wildman–Crippen MR) is 137 cm³/mol. The number of H-pyrrole nitrogens is 1. The lowest BCUT2D eigenvalue weighted by molar-refractivity contribution is -0.142. The number of nitrogens with zero attached hydrogens (tertiary/aromatic N) is 1. The van der Waals surface area contributed by atoms with Crippen LogP contribution in [-0.2, 0) is 22.6 Å². The van der Waals surface area contributed by atoms with E-state index in [2.05, 4.69) is 4.98 Å². The molecule has 0 bridgehead atoms. The van der Waals surface area contributed by atoms with Gasteiger partial charge in [-0.1, -0.05) is 18.2 Å². The number of nitrogens with one attached hydrogen (secondary N) is 1. The zero-order valence-corrected chi connectivity index (χ0v) is 20.7. The van der Waals surface area contributed by atoms with Crippen LogP contribution in [0.25, 0.3) is 21.0 Å². The van der Waals surface area contributed by atoms with E-state index in [1.165, 1.54) is 18.3 Å². The van der Waals surface area contributed by atoms with Crippen LogP contribution in [0.4, 0.5) is 0 Å². The van der Waals surface area contributed by atoms with Crippen molar-refractivity contribution >= 4 is 44.2 Å². The third-order valence-electron chi connectivity index (χ3n) is 6.60. The van der Waals surface area contributed by atoms with Gasteiger partial charge >= 0.3 is 5.97 Å². The van der Waals surface area contributed by atoms with Crippen molar-refractivity contribution in [1.82, 2.24) is 9.88 Å². The number of rotatable bonds is 5. The van der Waals surface area contributed by atoms with Gasteiger partial charge in [-0.2, -0.15) is 0 Å². The number of ether oxygens (including phenoxy) is 2. The molecule has 1 aliphatic heterocycles. The number of esters is 1. The van der Waals surface area contributed by atoms with E-state index in [1.807, 2.05) is 59.5 Å². The number of furan rings is 1. The predicted octanol–water partition coefficient (Wildman–Crippen LogP) is 5.84. The highest BCUT2D eigenvalue weighted by Crippen LogP contribution is 2.41. The van der Waals surface area contributed by atoms with E-state index in [-0.39, 0.29) is 18.5 Å². The first kappa shape index (κ1) is 22.4. The second-order valence-corrected chi connectivity index (χ2v) is 9.90. The molecule has 0 saturated heterocycles. The summed E-state index contributed by atoms with van der Waals surface area (Å²) in [6.07, 6.45) is 0.705. The normalized spacial score (nSPS) is 15.3. The molecular weight excluding hydrogens is 476 g/mol. The molecule has 5 aromatic rings. The van der Waals surface area contributed by atoms with Gasteiger partial charge in [-0.3, -0.25) is 9.59 Å². The standard InChI is InChI=1S/C28H24N2O5S/c1-16(31)34-15-19-8-10-23(35-19)27-26-20(21-14-18(33-2)7-9-22(21)29-26)11-12-30(27)28(32)25-13-17-5-3-4-6-24(17)36-25/h3-10,13-14,27,29H,11-12,15H2,1-2H3/t27-/m0/s1. The summed E-state index contributed by atoms with van der Waals surface area (Å²) in [5, 5.41) is 2.13. The molecule has 1 N–H and O–H groups in total. The molecule has 1 aliphatic rings. The van der Waals surface area contributed by atoms with E-state index < -0.39 is 6.04 Å². The molecule has 0 saturated carbocycles. The lowest BCUT2D eigenvalue weighted by atomic mass is 9.95. The SMILES string of the molecule is COc1ccc2[nH]c3c(c2c1)CCN(C(=O)c1cc2ccccc2s1)[C@H]3c1ccc(COC(C)=O)o1. The van der Waals surface area contributed by atoms with E-state index >= 15 is 0 Å². The van der Waals surface area contributed by atoms with E-state index in [4.69, 9.17) is 13.9 Å². The van der Waals surface area contributed by atoms with Gasteiger partial charge in [0.2, 0.25) is 0 Å². The molecule has 1 amide bonds. The van der Waals surface area contributed by atoms with Crippen molar-refractivity contribution in [3.05, 3.63) is 88.3 Å². The van der Waals surface area contributed by atoms with Crippen LogP contribution in [0.5, 0.6) is 5.75 Å². The summed E-state index contributed by atoms with van der Waals surface area (Å²) in [5.41, 5.74) is 3.05. The molecule has 36 heavy (non-hydrogen) atoms. The summed E-state index contributed by atoms with van der Waals surface area (Å²) < 4.78 is 17.8. The first-order valence-electron chi connectivity index (χ1n) is 11.7. The number of carbonyl (C=O) groups is 2. The molecule has 0 radical (unpaired) electrons. The topological polar surface area (TPSA) is 84.8 Å². The fourth-order valence-corrected chi connectivity index (χ4v) is 5.95. The number of hydrogen-bond donors (Lipinski definition) is 1. The molecule has 2 aromatic carbocycles. The van der Waals surface area contributed by atoms with E-state index in [0.29, 0.717) is 29.4 Å². The van der Waals surface area contributed by atoms with Crippen LogP contribution >= 0.6 is 11.3 Å². The summed E-state index contributed by atoms with van der Waals surface area (Å²) in [6, 6.07) is 19.1. The van der Waals surface area contributed by atoms with E-state index in [0.717, 1.165) is 38.0 Å². The average Bonchev–Trinajstić information content (AvgIpc) is 3.62. The number of hydrogen-bond acceptors (Lipinski definition) is 6. The fraction of sp³-hybridized carbons (Fsp3) is 0.214. The highest BCUT2D eigenvalue weighted by molar-refractivity contribution is 7.20. The maximum absolute atomic E-state index is 13.9. The van der Waals surface area contributed by atoms with Gasteiger partial charge in [-0.05, 0) is 59.8 Å². The largest absolute Gasteiger partial charge is 0.497 e. The second kappa shape index (κ2) is 8.87. The van der Waals surface area contributed by atoms with Crippen LogP contribution in [0.3, 0.4) is 0 Å². The lowest BCUT2D eigenvalue weighted by Crippen LogP contribution is -2.40. The summed E-state index contributed by atoms with van der Waals surface area (Å²) in [7, 11) is 1.65. The van der Waals surface area contributed by atoms with Gasteiger partial charge in [-0.25, -0.2) is 0 Å². The monoisotopic (exact) mass is 500 g/mol. The van der Waals surface area contributed by atoms with Crippen LogP contribution in [0.1, 0.15) is 45.4 Å². The summed E-state index contributed by atoms with van der Waals surface area (Å²) in [4.78, 5) is 31.3. The number of amides is 1. The molecule has 182 valence electrons. The average molecular weight is 501 g/mol. The van der Waals surface area contributed by atoms with Gasteiger partial charge in [0.05, 0.1) is 17.7 Å². The zero-order chi connectivity index (χ0) is 24.8. The van der Waals surface area contributed by atoms with Crippen molar-refractivity contribution in [3.8, 4) is 5.75 Å². The Hall–Kier alpha value is -4.04. The quantitative estimate of drug-likeness (QED) is 0.307. The van der Waals surface area contributed by atoms with Gasteiger partial charge < -0.3 is 23.8 Å². The fourth-order valence-electron chi connectivity index (χ4n) is 4.93. The number of thiophene rings is 1. The van der Waals surface area contributed by atoms with Gasteiger partial charge in [-0.15, -0.1) is 11.3 Å². The van der Waals surface area contributed by atoms with Crippen LogP contribution in [0, 0.1) is 0 Å². The minimum atomic E-state index is -0.448. The van der Waals surface area contributed by atoms with Gasteiger partial charge in [0.15, 0.2) is 0 Å². The highest BCUT2D eigenvalue weighted by Gasteiger charge is 2.37. The maximum Gasteiger partial charge on any atom is 0.303 e. The van der Waals surface area contributed by atoms with Crippen molar-refractivity contribution < 1.29 is 23.5 Å². The smallest absolute Gasteiger partial charge is 0.303 e. The molecule has 0 aliphatic carbocycles. The molecule has 3 aromatic heterocycles. The number of carbonyl (C=O) groups excluding carboxylic acids is 2. The number of fused-ring (bicyclic) bond motifs is 4. The number of aromatic nitrogens is 1. The molecule has 0 fully saturated rings. The number of aromatic amines is 1. The molecule has 1 atom stereocenters. The van der Waals surface area contributed by atoms with Crippen molar-refractivity contribution in [2.45, 2.75) is 26.0 Å². The molecule has 8 heteroatoms. The highest BCUT2D eigenvalue weighted by atomic mass is 32.1. The Morgan fingerprint density at radius 2 is 2.00 bits per heavy atom. The van der Waals surface area contributed by atoms with Crippen molar-refractivity contribution in [3.63, 3.8) is 0 Å². The molecule has 7 nitrogen and oxygen atoms in total. The molecule has 0 spiro atoms. The van der Waals surface area contributed by atoms with Crippen molar-refractivity contribution in [1.29, 1.82) is 0 Å². The molecular formula is C28H24N2O5S. The Morgan fingerprint density at radius 1 is 1.14 bits per heavy atom. The van der Waals surface area contributed by atoms with Crippen LogP contribution < -0.4 is 4.74 Å². The Bertz CT molecular complexity index is 1580. The summed E-state index contributed by atoms with van der Waals surface area (Å²) in [5.74, 6) is 1.51. The summed E-state index contributed by atoms with van der Waals surface area (Å²) >= 11 is 1.50. The Morgan fingerprint density at radius 3 is 2.81 bits per heavy atom. The van der Waals surface area contributed by atoms with Gasteiger partial charge in [0, 0.05) is 29.1 Å². The first-order chi connectivity index (χ1) is 17.5. The third kappa shape index (κ3) is 3.83. The number of methoxy groups -OCH3 is 1. The van der Waals surface area contributed by atoms with Crippen molar-refractivity contribution in [2.75, 3.05) is 13.7 Å². The van der Waals surface area contributed by atoms with E-state index in [9.17, 15) is 9.59 Å². The second-order valence-electron chi connectivity index (χ2n) is 8.81. The first-order valence-corrected chi connectivity index (χ1v) is 12.5. The lowest BCUT2D eigenvalue weighted by Gasteiger charge is -2.34. The number of benzene rings is 2. The Balaban J connectivity index is 1.45. The van der Waals surface area contributed by atoms with Crippen LogP contribution in [0.15, 0.2) is 65.1 Å². The minimum absolute atomic E-state index is 0.0407. The molecule has 4 heterocycles.